The highest BCUT2D eigenvalue weighted by atomic mass is 16.5. The Morgan fingerprint density at radius 1 is 0.900 bits per heavy atom. The lowest BCUT2D eigenvalue weighted by Crippen LogP contribution is -2.39. The van der Waals surface area contributed by atoms with Gasteiger partial charge in [-0.25, -0.2) is 0 Å². The number of likely N-dealkylation sites (tertiary alicyclic amines) is 1. The fraction of sp³-hybridized carbons (Fsp3) is 0.333. The average molecular weight is 400 g/mol. The first-order chi connectivity index (χ1) is 14.8. The molecule has 2 aliphatic rings. The van der Waals surface area contributed by atoms with E-state index in [1.165, 1.54) is 41.8 Å². The van der Waals surface area contributed by atoms with Crippen molar-refractivity contribution < 1.29 is 9.84 Å². The second kappa shape index (κ2) is 8.53. The highest BCUT2D eigenvalue weighted by Gasteiger charge is 2.32. The minimum atomic E-state index is 0.284. The third-order valence-electron chi connectivity index (χ3n) is 6.68. The van der Waals surface area contributed by atoms with Crippen LogP contribution in [0.3, 0.4) is 0 Å². The largest absolute Gasteiger partial charge is 0.508 e. The lowest BCUT2D eigenvalue weighted by molar-refractivity contribution is 0.147. The first-order valence-corrected chi connectivity index (χ1v) is 11.1. The molecule has 1 N–H and O–H groups in total. The smallest absolute Gasteiger partial charge is 0.119 e. The number of hydrogen-bond donors (Lipinski definition) is 1. The number of aromatic hydroxyl groups is 1. The number of phenolic OH excluding ortho intramolecular Hbond substituents is 1. The van der Waals surface area contributed by atoms with E-state index in [2.05, 4.69) is 65.6 Å². The number of ether oxygens (including phenoxy) is 1. The maximum absolute atomic E-state index is 9.99. The van der Waals surface area contributed by atoms with E-state index in [0.717, 1.165) is 31.7 Å². The topological polar surface area (TPSA) is 32.7 Å². The Balaban J connectivity index is 1.41. The Kier molecular flexibility index (Phi) is 5.46. The van der Waals surface area contributed by atoms with Crippen molar-refractivity contribution in [2.75, 3.05) is 26.2 Å². The van der Waals surface area contributed by atoms with Gasteiger partial charge in [0.2, 0.25) is 0 Å². The van der Waals surface area contributed by atoms with Crippen LogP contribution in [0.4, 0.5) is 0 Å². The molecule has 0 saturated carbocycles. The number of benzene rings is 3. The molecule has 1 fully saturated rings. The van der Waals surface area contributed by atoms with Crippen LogP contribution in [0.1, 0.15) is 46.9 Å². The van der Waals surface area contributed by atoms with E-state index < -0.39 is 0 Å². The SMILES string of the molecule is Oc1ccc2c(c1)CC[C@@H](c1ccccc1)[C@H]2c1ccc(OCCN2CCC2)cc1. The zero-order chi connectivity index (χ0) is 20.3. The van der Waals surface area contributed by atoms with Gasteiger partial charge in [0.25, 0.3) is 0 Å². The van der Waals surface area contributed by atoms with Gasteiger partial charge in [0, 0.05) is 12.5 Å². The molecule has 1 saturated heterocycles. The predicted molar refractivity (Wildman–Crippen MR) is 120 cm³/mol. The lowest BCUT2D eigenvalue weighted by Gasteiger charge is -2.35. The van der Waals surface area contributed by atoms with E-state index in [1.807, 2.05) is 12.1 Å². The lowest BCUT2D eigenvalue weighted by atomic mass is 9.69. The molecule has 154 valence electrons. The fourth-order valence-corrected chi connectivity index (χ4v) is 4.95. The molecule has 0 spiro atoms. The maximum atomic E-state index is 9.99. The summed E-state index contributed by atoms with van der Waals surface area (Å²) >= 11 is 0. The van der Waals surface area contributed by atoms with Gasteiger partial charge in [0.15, 0.2) is 0 Å². The minimum absolute atomic E-state index is 0.284. The van der Waals surface area contributed by atoms with Crippen LogP contribution in [0.25, 0.3) is 0 Å². The van der Waals surface area contributed by atoms with Gasteiger partial charge in [-0.3, -0.25) is 4.90 Å². The summed E-state index contributed by atoms with van der Waals surface area (Å²) in [6.45, 7) is 4.18. The molecule has 1 heterocycles. The Morgan fingerprint density at radius 3 is 2.43 bits per heavy atom. The normalized spacial score (nSPS) is 20.9. The van der Waals surface area contributed by atoms with Crippen LogP contribution in [-0.4, -0.2) is 36.2 Å². The Morgan fingerprint density at radius 2 is 1.70 bits per heavy atom. The van der Waals surface area contributed by atoms with Gasteiger partial charge in [-0.1, -0.05) is 48.5 Å². The first-order valence-electron chi connectivity index (χ1n) is 11.1. The standard InChI is InChI=1S/C27H29NO2/c29-23-10-14-26-22(19-23)9-13-25(20-5-2-1-3-6-20)27(26)21-7-11-24(12-8-21)30-18-17-28-15-4-16-28/h1-3,5-8,10-12,14,19,25,27,29H,4,9,13,15-18H2/t25-,27+/m0/s1. The molecule has 0 amide bonds. The average Bonchev–Trinajstić information content (AvgIpc) is 2.75. The van der Waals surface area contributed by atoms with Gasteiger partial charge >= 0.3 is 0 Å². The van der Waals surface area contributed by atoms with E-state index in [1.54, 1.807) is 0 Å². The molecule has 0 radical (unpaired) electrons. The van der Waals surface area contributed by atoms with Crippen LogP contribution in [0.5, 0.6) is 11.5 Å². The van der Waals surface area contributed by atoms with Gasteiger partial charge in [0.1, 0.15) is 18.1 Å². The first kappa shape index (κ1) is 19.2. The number of rotatable bonds is 6. The summed E-state index contributed by atoms with van der Waals surface area (Å²) in [6, 6.07) is 25.4. The van der Waals surface area contributed by atoms with Crippen molar-refractivity contribution in [1.29, 1.82) is 0 Å². The van der Waals surface area contributed by atoms with Crippen LogP contribution in [0.2, 0.25) is 0 Å². The summed E-state index contributed by atoms with van der Waals surface area (Å²) in [7, 11) is 0. The number of nitrogens with zero attached hydrogens (tertiary/aromatic N) is 1. The van der Waals surface area contributed by atoms with Crippen molar-refractivity contribution in [3.63, 3.8) is 0 Å². The van der Waals surface area contributed by atoms with E-state index >= 15 is 0 Å². The molecule has 0 bridgehead atoms. The molecule has 3 aromatic carbocycles. The van der Waals surface area contributed by atoms with Crippen molar-refractivity contribution in [2.45, 2.75) is 31.1 Å². The van der Waals surface area contributed by atoms with Crippen LogP contribution in [0, 0.1) is 0 Å². The number of aryl methyl sites for hydroxylation is 1. The third-order valence-corrected chi connectivity index (χ3v) is 6.68. The highest BCUT2D eigenvalue weighted by Crippen LogP contribution is 2.47. The number of fused-ring (bicyclic) bond motifs is 1. The second-order valence-electron chi connectivity index (χ2n) is 8.53. The summed E-state index contributed by atoms with van der Waals surface area (Å²) in [5.41, 5.74) is 5.29. The third kappa shape index (κ3) is 3.95. The van der Waals surface area contributed by atoms with Gasteiger partial charge in [-0.05, 0) is 84.8 Å². The van der Waals surface area contributed by atoms with Crippen molar-refractivity contribution in [2.24, 2.45) is 0 Å². The molecule has 2 atom stereocenters. The molecule has 3 nitrogen and oxygen atoms in total. The van der Waals surface area contributed by atoms with E-state index in [0.29, 0.717) is 11.7 Å². The van der Waals surface area contributed by atoms with Crippen LogP contribution in [-0.2, 0) is 6.42 Å². The highest BCUT2D eigenvalue weighted by molar-refractivity contribution is 5.48. The monoisotopic (exact) mass is 399 g/mol. The zero-order valence-electron chi connectivity index (χ0n) is 17.3. The Labute approximate surface area is 178 Å². The summed E-state index contributed by atoms with van der Waals surface area (Å²) < 4.78 is 5.98. The molecule has 3 aromatic rings. The van der Waals surface area contributed by atoms with Gasteiger partial charge in [0.05, 0.1) is 0 Å². The molecule has 5 rings (SSSR count). The van der Waals surface area contributed by atoms with Crippen molar-refractivity contribution >= 4 is 0 Å². The molecule has 1 aliphatic heterocycles. The molecular weight excluding hydrogens is 370 g/mol. The second-order valence-corrected chi connectivity index (χ2v) is 8.53. The minimum Gasteiger partial charge on any atom is -0.508 e. The van der Waals surface area contributed by atoms with Crippen molar-refractivity contribution in [1.82, 2.24) is 4.90 Å². The molecule has 3 heteroatoms. The maximum Gasteiger partial charge on any atom is 0.119 e. The molecule has 1 aliphatic carbocycles. The summed E-state index contributed by atoms with van der Waals surface area (Å²) in [5, 5.41) is 9.99. The zero-order valence-corrected chi connectivity index (χ0v) is 17.3. The van der Waals surface area contributed by atoms with Gasteiger partial charge in [-0.2, -0.15) is 0 Å². The number of hydrogen-bond acceptors (Lipinski definition) is 3. The van der Waals surface area contributed by atoms with Gasteiger partial charge in [-0.15, -0.1) is 0 Å². The van der Waals surface area contributed by atoms with Crippen molar-refractivity contribution in [3.8, 4) is 11.5 Å². The van der Waals surface area contributed by atoms with E-state index in [4.69, 9.17) is 4.74 Å². The molecular formula is C27H29NO2. The molecule has 0 unspecified atom stereocenters. The van der Waals surface area contributed by atoms with Crippen LogP contribution < -0.4 is 4.74 Å². The summed E-state index contributed by atoms with van der Waals surface area (Å²) in [6.07, 6.45) is 3.40. The number of phenols is 1. The Bertz CT molecular complexity index is 980. The van der Waals surface area contributed by atoms with Crippen LogP contribution >= 0.6 is 0 Å². The van der Waals surface area contributed by atoms with Crippen molar-refractivity contribution in [3.05, 3.63) is 95.1 Å². The molecule has 0 aromatic heterocycles. The summed E-state index contributed by atoms with van der Waals surface area (Å²) in [4.78, 5) is 2.42. The van der Waals surface area contributed by atoms with Crippen LogP contribution in [0.15, 0.2) is 72.8 Å². The molecule has 30 heavy (non-hydrogen) atoms. The predicted octanol–water partition coefficient (Wildman–Crippen LogP) is 5.34. The quantitative estimate of drug-likeness (QED) is 0.607. The van der Waals surface area contributed by atoms with E-state index in [-0.39, 0.29) is 5.92 Å². The Hall–Kier alpha value is -2.78. The summed E-state index contributed by atoms with van der Waals surface area (Å²) in [5.74, 6) is 2.02. The fourth-order valence-electron chi connectivity index (χ4n) is 4.95. The van der Waals surface area contributed by atoms with Gasteiger partial charge < -0.3 is 9.84 Å². The van der Waals surface area contributed by atoms with E-state index in [9.17, 15) is 5.11 Å².